The Labute approximate surface area is 210 Å². The van der Waals surface area contributed by atoms with Gasteiger partial charge in [-0.3, -0.25) is 4.89 Å². The van der Waals surface area contributed by atoms with Crippen LogP contribution in [0.5, 0.6) is 0 Å². The van der Waals surface area contributed by atoms with Crippen molar-refractivity contribution < 1.29 is 29.5 Å². The lowest BCUT2D eigenvalue weighted by Gasteiger charge is -2.28. The molecule has 1 unspecified atom stereocenters. The summed E-state index contributed by atoms with van der Waals surface area (Å²) in [5.74, 6) is -1.00. The highest BCUT2D eigenvalue weighted by Crippen LogP contribution is 2.32. The molecule has 0 radical (unpaired) electrons. The molecule has 204 valence electrons. The van der Waals surface area contributed by atoms with E-state index in [1.54, 1.807) is 0 Å². The van der Waals surface area contributed by atoms with Crippen molar-refractivity contribution in [2.24, 2.45) is 22.2 Å². The van der Waals surface area contributed by atoms with Crippen LogP contribution in [0, 0.1) is 22.2 Å². The third-order valence-electron chi connectivity index (χ3n) is 5.28. The van der Waals surface area contributed by atoms with E-state index >= 15 is 0 Å². The SMILES string of the molecule is CC(C)(C)CCCCC(C(=O)OO)C(C)(C)C.CC(C)(C)CCCCCC(=O)OOC(C)(C)C. The lowest BCUT2D eigenvalue weighted by Crippen LogP contribution is -2.29. The molecule has 0 aliphatic rings. The van der Waals surface area contributed by atoms with Crippen molar-refractivity contribution in [3.63, 3.8) is 0 Å². The van der Waals surface area contributed by atoms with Gasteiger partial charge in [0.05, 0.1) is 5.92 Å². The summed E-state index contributed by atoms with van der Waals surface area (Å²) in [5, 5.41) is 8.50. The minimum absolute atomic E-state index is 0.165. The van der Waals surface area contributed by atoms with Crippen molar-refractivity contribution >= 4 is 11.9 Å². The summed E-state index contributed by atoms with van der Waals surface area (Å²) in [5.41, 5.74) is 0.133. The standard InChI is InChI=1S/2C14H28O3/c1-13(2,3)10-8-7-9-11(12(15)17-16)14(4,5)6;1-13(2,3)11-9-7-8-10-12(15)16-17-14(4,5)6/h11,16H,7-10H2,1-6H3;7-11H2,1-6H3. The molecule has 0 fully saturated rings. The number of carbonyl (C=O) groups is 2. The van der Waals surface area contributed by atoms with Gasteiger partial charge in [0.1, 0.15) is 5.60 Å². The fourth-order valence-corrected chi connectivity index (χ4v) is 3.29. The van der Waals surface area contributed by atoms with E-state index in [2.05, 4.69) is 46.4 Å². The van der Waals surface area contributed by atoms with Gasteiger partial charge >= 0.3 is 11.9 Å². The molecule has 0 heterocycles. The van der Waals surface area contributed by atoms with Crippen LogP contribution in [0.2, 0.25) is 0 Å². The van der Waals surface area contributed by atoms with E-state index in [0.29, 0.717) is 17.3 Å². The normalized spacial score (nSPS) is 13.6. The number of unbranched alkanes of at least 4 members (excludes halogenated alkanes) is 3. The first-order valence-corrected chi connectivity index (χ1v) is 12.9. The molecule has 0 amide bonds. The van der Waals surface area contributed by atoms with Crippen LogP contribution in [0.25, 0.3) is 0 Å². The third kappa shape index (κ3) is 24.0. The molecule has 0 saturated carbocycles. The fraction of sp³-hybridized carbons (Fsp3) is 0.929. The maximum atomic E-state index is 11.5. The number of hydrogen-bond donors (Lipinski definition) is 1. The smallest absolute Gasteiger partial charge is 0.301 e. The maximum absolute atomic E-state index is 11.5. The molecule has 0 rings (SSSR count). The fourth-order valence-electron chi connectivity index (χ4n) is 3.29. The second-order valence-corrected chi connectivity index (χ2v) is 13.9. The van der Waals surface area contributed by atoms with Crippen molar-refractivity contribution in [3.8, 4) is 0 Å². The lowest BCUT2D eigenvalue weighted by molar-refractivity contribution is -0.320. The van der Waals surface area contributed by atoms with Crippen LogP contribution in [0.3, 0.4) is 0 Å². The Kier molecular flexibility index (Phi) is 16.2. The van der Waals surface area contributed by atoms with E-state index in [1.807, 2.05) is 41.5 Å². The van der Waals surface area contributed by atoms with Crippen LogP contribution in [-0.4, -0.2) is 22.8 Å². The maximum Gasteiger partial charge on any atom is 0.345 e. The van der Waals surface area contributed by atoms with Crippen LogP contribution >= 0.6 is 0 Å². The molecule has 0 spiro atoms. The summed E-state index contributed by atoms with van der Waals surface area (Å²) in [6.07, 6.45) is 8.78. The first-order chi connectivity index (χ1) is 15.2. The average molecular weight is 489 g/mol. The third-order valence-corrected chi connectivity index (χ3v) is 5.28. The summed E-state index contributed by atoms with van der Waals surface area (Å²) in [7, 11) is 0. The Balaban J connectivity index is 0. The summed E-state index contributed by atoms with van der Waals surface area (Å²) in [6.45, 7) is 24.9. The average Bonchev–Trinajstić information content (AvgIpc) is 2.62. The molecule has 34 heavy (non-hydrogen) atoms. The quantitative estimate of drug-likeness (QED) is 0.178. The molecule has 0 aliphatic heterocycles. The molecule has 0 saturated heterocycles. The zero-order valence-electron chi connectivity index (χ0n) is 24.4. The van der Waals surface area contributed by atoms with E-state index in [1.165, 1.54) is 6.42 Å². The molecule has 1 atom stereocenters. The second-order valence-electron chi connectivity index (χ2n) is 13.9. The second kappa shape index (κ2) is 15.8. The van der Waals surface area contributed by atoms with Gasteiger partial charge in [0.25, 0.3) is 0 Å². The van der Waals surface area contributed by atoms with E-state index < -0.39 is 11.6 Å². The summed E-state index contributed by atoms with van der Waals surface area (Å²) in [4.78, 5) is 36.3. The predicted molar refractivity (Wildman–Crippen MR) is 139 cm³/mol. The summed E-state index contributed by atoms with van der Waals surface area (Å²) in [6, 6.07) is 0. The van der Waals surface area contributed by atoms with Crippen LogP contribution in [0.4, 0.5) is 0 Å². The Morgan fingerprint density at radius 3 is 1.56 bits per heavy atom. The van der Waals surface area contributed by atoms with Gasteiger partial charge in [-0.05, 0) is 62.7 Å². The molecule has 6 nitrogen and oxygen atoms in total. The predicted octanol–water partition coefficient (Wildman–Crippen LogP) is 8.53. The minimum atomic E-state index is -0.506. The first kappa shape index (κ1) is 35.0. The molecule has 0 aromatic carbocycles. The molecule has 6 heteroatoms. The zero-order valence-corrected chi connectivity index (χ0v) is 24.4. The van der Waals surface area contributed by atoms with Crippen molar-refractivity contribution in [1.82, 2.24) is 0 Å². The van der Waals surface area contributed by atoms with E-state index in [9.17, 15) is 9.59 Å². The van der Waals surface area contributed by atoms with E-state index in [0.717, 1.165) is 44.9 Å². The van der Waals surface area contributed by atoms with E-state index in [-0.39, 0.29) is 17.3 Å². The van der Waals surface area contributed by atoms with Gasteiger partial charge in [0, 0.05) is 6.42 Å². The van der Waals surface area contributed by atoms with Crippen molar-refractivity contribution in [2.45, 2.75) is 146 Å². The van der Waals surface area contributed by atoms with Gasteiger partial charge in [0.2, 0.25) is 0 Å². The molecular formula is C28H56O6. The Morgan fingerprint density at radius 2 is 1.18 bits per heavy atom. The molecule has 1 N–H and O–H groups in total. The van der Waals surface area contributed by atoms with Crippen LogP contribution in [0.1, 0.15) is 141 Å². The highest BCUT2D eigenvalue weighted by Gasteiger charge is 2.32. The summed E-state index contributed by atoms with van der Waals surface area (Å²) < 4.78 is 0. The Hall–Kier alpha value is -1.14. The van der Waals surface area contributed by atoms with Gasteiger partial charge in [0.15, 0.2) is 0 Å². The summed E-state index contributed by atoms with van der Waals surface area (Å²) >= 11 is 0. The zero-order chi connectivity index (χ0) is 27.2. The number of hydrogen-bond acceptors (Lipinski definition) is 6. The van der Waals surface area contributed by atoms with Gasteiger partial charge in [-0.2, -0.15) is 10.1 Å². The van der Waals surface area contributed by atoms with Crippen molar-refractivity contribution in [1.29, 1.82) is 0 Å². The van der Waals surface area contributed by atoms with Gasteiger partial charge in [-0.25, -0.2) is 9.59 Å². The van der Waals surface area contributed by atoms with Gasteiger partial charge < -0.3 is 4.89 Å². The van der Waals surface area contributed by atoms with Crippen LogP contribution < -0.4 is 0 Å². The van der Waals surface area contributed by atoms with Crippen molar-refractivity contribution in [3.05, 3.63) is 0 Å². The molecule has 0 aromatic heterocycles. The van der Waals surface area contributed by atoms with Crippen LogP contribution in [0.15, 0.2) is 0 Å². The van der Waals surface area contributed by atoms with Gasteiger partial charge in [-0.15, -0.1) is 0 Å². The van der Waals surface area contributed by atoms with Crippen LogP contribution in [-0.2, 0) is 24.3 Å². The molecule has 0 bridgehead atoms. The number of rotatable bonds is 11. The lowest BCUT2D eigenvalue weighted by atomic mass is 9.77. The Morgan fingerprint density at radius 1 is 0.706 bits per heavy atom. The topological polar surface area (TPSA) is 82.1 Å². The largest absolute Gasteiger partial charge is 0.345 e. The molecular weight excluding hydrogens is 432 g/mol. The van der Waals surface area contributed by atoms with Crippen molar-refractivity contribution in [2.75, 3.05) is 0 Å². The highest BCUT2D eigenvalue weighted by atomic mass is 17.2. The Bertz CT molecular complexity index is 555. The first-order valence-electron chi connectivity index (χ1n) is 12.9. The highest BCUT2D eigenvalue weighted by molar-refractivity contribution is 5.72. The van der Waals surface area contributed by atoms with Gasteiger partial charge in [-0.1, -0.05) is 88.0 Å². The number of carbonyl (C=O) groups excluding carboxylic acids is 2. The van der Waals surface area contributed by atoms with E-state index in [4.69, 9.17) is 15.0 Å². The monoisotopic (exact) mass is 488 g/mol. The minimum Gasteiger partial charge on any atom is -0.301 e. The molecule has 0 aliphatic carbocycles. The molecule has 0 aromatic rings.